The molecule has 0 spiro atoms. The van der Waals surface area contributed by atoms with Crippen LogP contribution in [-0.2, 0) is 9.57 Å². The first kappa shape index (κ1) is 15.2. The molecule has 0 saturated heterocycles. The summed E-state index contributed by atoms with van der Waals surface area (Å²) in [5, 5.41) is 13.2. The van der Waals surface area contributed by atoms with E-state index in [-0.39, 0.29) is 6.61 Å². The SMILES string of the molecule is CO/N=C\CC[C@H](O)COC(=O)c1ccc(C)cc1. The van der Waals surface area contributed by atoms with Gasteiger partial charge in [-0.05, 0) is 31.9 Å². The van der Waals surface area contributed by atoms with Gasteiger partial charge in [0.1, 0.15) is 13.7 Å². The second-order valence-corrected chi connectivity index (χ2v) is 4.17. The summed E-state index contributed by atoms with van der Waals surface area (Å²) in [7, 11) is 1.45. The number of hydrogen-bond donors (Lipinski definition) is 1. The number of aryl methyl sites for hydroxylation is 1. The van der Waals surface area contributed by atoms with E-state index in [1.807, 2.05) is 19.1 Å². The molecule has 19 heavy (non-hydrogen) atoms. The minimum Gasteiger partial charge on any atom is -0.459 e. The molecule has 1 N–H and O–H groups in total. The number of carbonyl (C=O) groups is 1. The highest BCUT2D eigenvalue weighted by molar-refractivity contribution is 5.89. The monoisotopic (exact) mass is 265 g/mol. The molecule has 0 unspecified atom stereocenters. The number of nitrogens with zero attached hydrogens (tertiary/aromatic N) is 1. The molecular formula is C14H19NO4. The zero-order valence-electron chi connectivity index (χ0n) is 11.2. The summed E-state index contributed by atoms with van der Waals surface area (Å²) < 4.78 is 5.02. The van der Waals surface area contributed by atoms with Crippen LogP contribution in [0.2, 0.25) is 0 Å². The lowest BCUT2D eigenvalue weighted by Crippen LogP contribution is -2.18. The predicted octanol–water partition coefficient (Wildman–Crippen LogP) is 1.93. The maximum atomic E-state index is 11.7. The minimum absolute atomic E-state index is 0.0203. The Morgan fingerprint density at radius 2 is 2.11 bits per heavy atom. The van der Waals surface area contributed by atoms with Gasteiger partial charge >= 0.3 is 5.97 Å². The molecule has 5 nitrogen and oxygen atoms in total. The topological polar surface area (TPSA) is 68.1 Å². The standard InChI is InChI=1S/C14H19NO4/c1-11-5-7-12(8-6-11)14(17)19-10-13(16)4-3-9-15-18-2/h5-9,13,16H,3-4,10H2,1-2H3/b15-9-/t13-/m0/s1. The van der Waals surface area contributed by atoms with E-state index in [4.69, 9.17) is 4.74 Å². The lowest BCUT2D eigenvalue weighted by atomic mass is 10.1. The second kappa shape index (κ2) is 8.26. The minimum atomic E-state index is -0.697. The number of benzene rings is 1. The highest BCUT2D eigenvalue weighted by atomic mass is 16.6. The van der Waals surface area contributed by atoms with Gasteiger partial charge in [-0.2, -0.15) is 0 Å². The molecule has 0 aliphatic carbocycles. The third kappa shape index (κ3) is 6.01. The van der Waals surface area contributed by atoms with Crippen LogP contribution in [0.3, 0.4) is 0 Å². The number of oxime groups is 1. The van der Waals surface area contributed by atoms with Gasteiger partial charge in [0.15, 0.2) is 0 Å². The van der Waals surface area contributed by atoms with E-state index in [0.29, 0.717) is 18.4 Å². The fraction of sp³-hybridized carbons (Fsp3) is 0.429. The van der Waals surface area contributed by atoms with Crippen LogP contribution in [0.25, 0.3) is 0 Å². The second-order valence-electron chi connectivity index (χ2n) is 4.17. The van der Waals surface area contributed by atoms with E-state index in [1.165, 1.54) is 7.11 Å². The maximum Gasteiger partial charge on any atom is 0.338 e. The van der Waals surface area contributed by atoms with Crippen molar-refractivity contribution in [1.82, 2.24) is 0 Å². The quantitative estimate of drug-likeness (QED) is 0.464. The van der Waals surface area contributed by atoms with Gasteiger partial charge in [-0.3, -0.25) is 0 Å². The Morgan fingerprint density at radius 3 is 2.74 bits per heavy atom. The first-order valence-corrected chi connectivity index (χ1v) is 6.10. The van der Waals surface area contributed by atoms with Gasteiger partial charge in [0.05, 0.1) is 11.7 Å². The van der Waals surface area contributed by atoms with Crippen molar-refractivity contribution in [2.75, 3.05) is 13.7 Å². The molecule has 0 bridgehead atoms. The van der Waals surface area contributed by atoms with Crippen LogP contribution in [0.15, 0.2) is 29.4 Å². The summed E-state index contributed by atoms with van der Waals surface area (Å²) in [5.41, 5.74) is 1.56. The Bertz CT molecular complexity index is 414. The first-order chi connectivity index (χ1) is 9.13. The Morgan fingerprint density at radius 1 is 1.42 bits per heavy atom. The van der Waals surface area contributed by atoms with Gasteiger partial charge < -0.3 is 14.7 Å². The molecule has 5 heteroatoms. The van der Waals surface area contributed by atoms with Gasteiger partial charge in [-0.25, -0.2) is 4.79 Å². The first-order valence-electron chi connectivity index (χ1n) is 6.10. The Kier molecular flexibility index (Phi) is 6.60. The highest BCUT2D eigenvalue weighted by Crippen LogP contribution is 2.06. The lowest BCUT2D eigenvalue weighted by molar-refractivity contribution is 0.0243. The molecule has 0 amide bonds. The molecule has 0 radical (unpaired) electrons. The average Bonchev–Trinajstić information content (AvgIpc) is 2.42. The van der Waals surface area contributed by atoms with Crippen LogP contribution in [0, 0.1) is 6.92 Å². The van der Waals surface area contributed by atoms with E-state index < -0.39 is 12.1 Å². The lowest BCUT2D eigenvalue weighted by Gasteiger charge is -2.10. The molecule has 0 aliphatic rings. The third-order valence-electron chi connectivity index (χ3n) is 2.50. The Labute approximate surface area is 112 Å². The molecule has 0 fully saturated rings. The van der Waals surface area contributed by atoms with Crippen LogP contribution in [0.4, 0.5) is 0 Å². The van der Waals surface area contributed by atoms with Gasteiger partial charge in [-0.15, -0.1) is 0 Å². The maximum absolute atomic E-state index is 11.7. The van der Waals surface area contributed by atoms with Crippen molar-refractivity contribution < 1.29 is 19.5 Å². The molecule has 1 aromatic rings. The molecule has 0 heterocycles. The van der Waals surface area contributed by atoms with Crippen LogP contribution >= 0.6 is 0 Å². The number of ether oxygens (including phenoxy) is 1. The van der Waals surface area contributed by atoms with Crippen molar-refractivity contribution >= 4 is 12.2 Å². The largest absolute Gasteiger partial charge is 0.459 e. The van der Waals surface area contributed by atoms with E-state index in [2.05, 4.69) is 9.99 Å². The molecule has 0 aliphatic heterocycles. The van der Waals surface area contributed by atoms with Crippen molar-refractivity contribution in [2.24, 2.45) is 5.16 Å². The van der Waals surface area contributed by atoms with Gasteiger partial charge in [0.25, 0.3) is 0 Å². The summed E-state index contributed by atoms with van der Waals surface area (Å²) in [6, 6.07) is 7.09. The summed E-state index contributed by atoms with van der Waals surface area (Å²) in [6.07, 6.45) is 1.90. The Hall–Kier alpha value is -1.88. The molecule has 104 valence electrons. The zero-order valence-corrected chi connectivity index (χ0v) is 11.2. The van der Waals surface area contributed by atoms with Crippen LogP contribution in [-0.4, -0.2) is 37.1 Å². The van der Waals surface area contributed by atoms with Crippen LogP contribution < -0.4 is 0 Å². The van der Waals surface area contributed by atoms with Crippen molar-refractivity contribution in [3.05, 3.63) is 35.4 Å². The normalized spacial score (nSPS) is 12.4. The Balaban J connectivity index is 2.29. The van der Waals surface area contributed by atoms with Crippen molar-refractivity contribution in [3.8, 4) is 0 Å². The molecule has 1 atom stereocenters. The third-order valence-corrected chi connectivity index (χ3v) is 2.50. The van der Waals surface area contributed by atoms with Crippen LogP contribution in [0.1, 0.15) is 28.8 Å². The van der Waals surface area contributed by atoms with Gasteiger partial charge in [0, 0.05) is 6.21 Å². The number of aliphatic hydroxyl groups excluding tert-OH is 1. The van der Waals surface area contributed by atoms with E-state index in [9.17, 15) is 9.90 Å². The van der Waals surface area contributed by atoms with Crippen molar-refractivity contribution in [1.29, 1.82) is 0 Å². The van der Waals surface area contributed by atoms with Crippen LogP contribution in [0.5, 0.6) is 0 Å². The van der Waals surface area contributed by atoms with E-state index in [0.717, 1.165) is 5.56 Å². The number of carbonyl (C=O) groups excluding carboxylic acids is 1. The van der Waals surface area contributed by atoms with Gasteiger partial charge in [-0.1, -0.05) is 22.9 Å². The number of hydrogen-bond acceptors (Lipinski definition) is 5. The molecule has 1 aromatic carbocycles. The van der Waals surface area contributed by atoms with E-state index >= 15 is 0 Å². The molecule has 1 rings (SSSR count). The summed E-state index contributed by atoms with van der Waals surface area (Å²) in [4.78, 5) is 16.1. The predicted molar refractivity (Wildman–Crippen MR) is 72.2 cm³/mol. The molecular weight excluding hydrogens is 246 g/mol. The van der Waals surface area contributed by atoms with Crippen molar-refractivity contribution in [3.63, 3.8) is 0 Å². The summed E-state index contributed by atoms with van der Waals surface area (Å²) in [5.74, 6) is -0.426. The summed E-state index contributed by atoms with van der Waals surface area (Å²) >= 11 is 0. The molecule has 0 saturated carbocycles. The summed E-state index contributed by atoms with van der Waals surface area (Å²) in [6.45, 7) is 1.92. The van der Waals surface area contributed by atoms with E-state index in [1.54, 1.807) is 18.3 Å². The highest BCUT2D eigenvalue weighted by Gasteiger charge is 2.10. The fourth-order valence-corrected chi connectivity index (χ4v) is 1.42. The smallest absolute Gasteiger partial charge is 0.338 e. The average molecular weight is 265 g/mol. The van der Waals surface area contributed by atoms with Gasteiger partial charge in [0.2, 0.25) is 0 Å². The number of aliphatic hydroxyl groups is 1. The molecule has 0 aromatic heterocycles. The zero-order chi connectivity index (χ0) is 14.1. The van der Waals surface area contributed by atoms with Crippen molar-refractivity contribution in [2.45, 2.75) is 25.9 Å². The fourth-order valence-electron chi connectivity index (χ4n) is 1.42. The number of esters is 1. The number of rotatable bonds is 7.